The summed E-state index contributed by atoms with van der Waals surface area (Å²) < 4.78 is 6.06. The van der Waals surface area contributed by atoms with Gasteiger partial charge in [0.05, 0.1) is 5.56 Å². The minimum Gasteiger partial charge on any atom is -0.507 e. The monoisotopic (exact) mass is 354 g/mol. The van der Waals surface area contributed by atoms with Crippen molar-refractivity contribution in [2.45, 2.75) is 6.61 Å². The number of ether oxygens (including phenoxy) is 1. The Kier molecular flexibility index (Phi) is 4.58. The van der Waals surface area contributed by atoms with E-state index in [4.69, 9.17) is 4.74 Å². The number of aldehydes is 1. The molecule has 4 aromatic rings. The molecule has 3 nitrogen and oxygen atoms in total. The van der Waals surface area contributed by atoms with Gasteiger partial charge in [-0.1, -0.05) is 66.7 Å². The normalized spacial score (nSPS) is 10.7. The van der Waals surface area contributed by atoms with Gasteiger partial charge in [0.1, 0.15) is 18.1 Å². The van der Waals surface area contributed by atoms with Crippen LogP contribution in [0.4, 0.5) is 0 Å². The van der Waals surface area contributed by atoms with E-state index in [9.17, 15) is 9.90 Å². The molecular formula is C24H18O3. The Labute approximate surface area is 157 Å². The Hall–Kier alpha value is -3.59. The summed E-state index contributed by atoms with van der Waals surface area (Å²) in [5.74, 6) is 0.623. The van der Waals surface area contributed by atoms with Crippen LogP contribution < -0.4 is 4.74 Å². The lowest BCUT2D eigenvalue weighted by atomic mass is 10.0. The number of carbonyl (C=O) groups excluding carboxylic acids is 1. The average Bonchev–Trinajstić information content (AvgIpc) is 2.72. The molecule has 0 aliphatic carbocycles. The third kappa shape index (κ3) is 3.40. The molecule has 0 amide bonds. The maximum absolute atomic E-state index is 11.1. The minimum absolute atomic E-state index is 0.0331. The summed E-state index contributed by atoms with van der Waals surface area (Å²) in [6, 6.07) is 27.1. The topological polar surface area (TPSA) is 46.5 Å². The Morgan fingerprint density at radius 1 is 0.778 bits per heavy atom. The molecule has 0 aromatic heterocycles. The molecule has 0 heterocycles. The standard InChI is InChI=1S/C24H18O3/c25-15-20-8-5-10-22(24(20)26)21-9-3-4-11-23(21)27-16-17-12-13-18-6-1-2-7-19(18)14-17/h1-15,26H,16H2. The van der Waals surface area contributed by atoms with Gasteiger partial charge < -0.3 is 9.84 Å². The number of hydrogen-bond acceptors (Lipinski definition) is 3. The first-order valence-corrected chi connectivity index (χ1v) is 8.73. The van der Waals surface area contributed by atoms with Crippen molar-refractivity contribution in [1.82, 2.24) is 0 Å². The van der Waals surface area contributed by atoms with Crippen LogP contribution in [0.15, 0.2) is 84.9 Å². The Bertz CT molecular complexity index is 1120. The van der Waals surface area contributed by atoms with Gasteiger partial charge in [0.15, 0.2) is 6.29 Å². The lowest BCUT2D eigenvalue weighted by Gasteiger charge is -2.14. The predicted molar refractivity (Wildman–Crippen MR) is 107 cm³/mol. The second-order valence-corrected chi connectivity index (χ2v) is 6.33. The second kappa shape index (κ2) is 7.34. The van der Waals surface area contributed by atoms with Crippen molar-refractivity contribution in [3.8, 4) is 22.6 Å². The summed E-state index contributed by atoms with van der Waals surface area (Å²) in [5, 5.41) is 12.7. The molecule has 0 saturated heterocycles. The number of rotatable bonds is 5. The number of phenolic OH excluding ortho intramolecular Hbond substituents is 1. The molecule has 0 aliphatic heterocycles. The summed E-state index contributed by atoms with van der Waals surface area (Å²) in [7, 11) is 0. The van der Waals surface area contributed by atoms with Crippen LogP contribution >= 0.6 is 0 Å². The fourth-order valence-electron chi connectivity index (χ4n) is 3.18. The Morgan fingerprint density at radius 3 is 2.37 bits per heavy atom. The third-order valence-corrected chi connectivity index (χ3v) is 4.58. The highest BCUT2D eigenvalue weighted by atomic mass is 16.5. The smallest absolute Gasteiger partial charge is 0.153 e. The molecule has 27 heavy (non-hydrogen) atoms. The number of fused-ring (bicyclic) bond motifs is 1. The zero-order valence-corrected chi connectivity index (χ0v) is 14.6. The summed E-state index contributed by atoms with van der Waals surface area (Å²) in [5.41, 5.74) is 2.65. The van der Waals surface area contributed by atoms with Gasteiger partial charge in [0, 0.05) is 11.1 Å². The van der Waals surface area contributed by atoms with E-state index in [1.54, 1.807) is 18.2 Å². The molecule has 1 N–H and O–H groups in total. The molecule has 132 valence electrons. The van der Waals surface area contributed by atoms with E-state index in [-0.39, 0.29) is 11.3 Å². The number of carbonyl (C=O) groups is 1. The highest BCUT2D eigenvalue weighted by Crippen LogP contribution is 2.37. The lowest BCUT2D eigenvalue weighted by molar-refractivity contribution is 0.112. The van der Waals surface area contributed by atoms with Crippen molar-refractivity contribution in [3.63, 3.8) is 0 Å². The van der Waals surface area contributed by atoms with Crippen LogP contribution in [0.2, 0.25) is 0 Å². The van der Waals surface area contributed by atoms with Crippen LogP contribution in [0.3, 0.4) is 0 Å². The Balaban J connectivity index is 1.64. The fourth-order valence-corrected chi connectivity index (χ4v) is 3.18. The summed E-state index contributed by atoms with van der Waals surface area (Å²) >= 11 is 0. The quantitative estimate of drug-likeness (QED) is 0.474. The first-order valence-electron chi connectivity index (χ1n) is 8.73. The predicted octanol–water partition coefficient (Wildman–Crippen LogP) is 5.60. The van der Waals surface area contributed by atoms with Crippen LogP contribution in [0, 0.1) is 0 Å². The van der Waals surface area contributed by atoms with Crippen molar-refractivity contribution in [2.75, 3.05) is 0 Å². The summed E-state index contributed by atoms with van der Waals surface area (Å²) in [6.07, 6.45) is 0.650. The van der Waals surface area contributed by atoms with Gasteiger partial charge in [0.2, 0.25) is 0 Å². The molecule has 0 bridgehead atoms. The number of phenols is 1. The molecule has 0 fully saturated rings. The molecule has 0 atom stereocenters. The van der Waals surface area contributed by atoms with Crippen LogP contribution in [-0.4, -0.2) is 11.4 Å². The molecule has 0 aliphatic rings. The van der Waals surface area contributed by atoms with E-state index >= 15 is 0 Å². The molecule has 0 radical (unpaired) electrons. The van der Waals surface area contributed by atoms with Crippen molar-refractivity contribution in [3.05, 3.63) is 96.1 Å². The molecule has 0 spiro atoms. The number of para-hydroxylation sites is 2. The van der Waals surface area contributed by atoms with E-state index in [2.05, 4.69) is 30.3 Å². The maximum Gasteiger partial charge on any atom is 0.153 e. The molecule has 0 unspecified atom stereocenters. The van der Waals surface area contributed by atoms with Gasteiger partial charge in [-0.15, -0.1) is 0 Å². The number of aromatic hydroxyl groups is 1. The van der Waals surface area contributed by atoms with Crippen molar-refractivity contribution < 1.29 is 14.6 Å². The maximum atomic E-state index is 11.1. The van der Waals surface area contributed by atoms with Crippen LogP contribution in [0.1, 0.15) is 15.9 Å². The minimum atomic E-state index is -0.0331. The zero-order chi connectivity index (χ0) is 18.6. The van der Waals surface area contributed by atoms with Gasteiger partial charge in [-0.2, -0.15) is 0 Å². The van der Waals surface area contributed by atoms with E-state index in [1.165, 1.54) is 10.8 Å². The summed E-state index contributed by atoms with van der Waals surface area (Å²) in [4.78, 5) is 11.1. The van der Waals surface area contributed by atoms with E-state index < -0.39 is 0 Å². The number of benzene rings is 4. The second-order valence-electron chi connectivity index (χ2n) is 6.33. The Morgan fingerprint density at radius 2 is 1.52 bits per heavy atom. The summed E-state index contributed by atoms with van der Waals surface area (Å²) in [6.45, 7) is 0.413. The molecule has 4 aromatic carbocycles. The highest BCUT2D eigenvalue weighted by Gasteiger charge is 2.13. The van der Waals surface area contributed by atoms with E-state index in [0.717, 1.165) is 11.1 Å². The van der Waals surface area contributed by atoms with Crippen molar-refractivity contribution in [2.24, 2.45) is 0 Å². The van der Waals surface area contributed by atoms with Gasteiger partial charge >= 0.3 is 0 Å². The number of hydrogen-bond donors (Lipinski definition) is 1. The molecule has 4 rings (SSSR count). The molecule has 0 saturated carbocycles. The lowest BCUT2D eigenvalue weighted by Crippen LogP contribution is -1.97. The van der Waals surface area contributed by atoms with E-state index in [0.29, 0.717) is 24.2 Å². The zero-order valence-electron chi connectivity index (χ0n) is 14.6. The van der Waals surface area contributed by atoms with Gasteiger partial charge in [-0.25, -0.2) is 0 Å². The average molecular weight is 354 g/mol. The first-order chi connectivity index (χ1) is 13.3. The van der Waals surface area contributed by atoms with Gasteiger partial charge in [0.25, 0.3) is 0 Å². The SMILES string of the molecule is O=Cc1cccc(-c2ccccc2OCc2ccc3ccccc3c2)c1O. The fraction of sp³-hybridized carbons (Fsp3) is 0.0417. The van der Waals surface area contributed by atoms with Gasteiger partial charge in [-0.3, -0.25) is 4.79 Å². The first kappa shape index (κ1) is 16.9. The highest BCUT2D eigenvalue weighted by molar-refractivity contribution is 5.87. The third-order valence-electron chi connectivity index (χ3n) is 4.58. The largest absolute Gasteiger partial charge is 0.507 e. The van der Waals surface area contributed by atoms with E-state index in [1.807, 2.05) is 36.4 Å². The van der Waals surface area contributed by atoms with Gasteiger partial charge in [-0.05, 0) is 34.5 Å². The van der Waals surface area contributed by atoms with Crippen molar-refractivity contribution >= 4 is 17.1 Å². The van der Waals surface area contributed by atoms with Crippen LogP contribution in [-0.2, 0) is 6.61 Å². The van der Waals surface area contributed by atoms with Crippen LogP contribution in [0.25, 0.3) is 21.9 Å². The van der Waals surface area contributed by atoms with Crippen molar-refractivity contribution in [1.29, 1.82) is 0 Å². The van der Waals surface area contributed by atoms with Crippen LogP contribution in [0.5, 0.6) is 11.5 Å². The molecule has 3 heteroatoms. The molecular weight excluding hydrogens is 336 g/mol.